The highest BCUT2D eigenvalue weighted by atomic mass is 32.2. The summed E-state index contributed by atoms with van der Waals surface area (Å²) in [6, 6.07) is 1.78. The van der Waals surface area contributed by atoms with E-state index in [4.69, 9.17) is 23.5 Å². The van der Waals surface area contributed by atoms with E-state index in [0.717, 1.165) is 31.6 Å². The van der Waals surface area contributed by atoms with Crippen molar-refractivity contribution in [3.8, 4) is 0 Å². The van der Waals surface area contributed by atoms with E-state index < -0.39 is 10.2 Å². The molecule has 1 aromatic rings. The first kappa shape index (κ1) is 24.5. The van der Waals surface area contributed by atoms with Crippen molar-refractivity contribution in [1.82, 2.24) is 5.16 Å². The van der Waals surface area contributed by atoms with Crippen LogP contribution >= 0.6 is 11.8 Å². The van der Waals surface area contributed by atoms with Gasteiger partial charge in [-0.3, -0.25) is 10.1 Å². The third-order valence-corrected chi connectivity index (χ3v) is 7.42. The molecule has 2 saturated heterocycles. The number of hydrogen-bond donors (Lipinski definition) is 1. The quantitative estimate of drug-likeness (QED) is 0.601. The van der Waals surface area contributed by atoms with Crippen molar-refractivity contribution in [2.24, 2.45) is 0 Å². The lowest BCUT2D eigenvalue weighted by Crippen LogP contribution is -2.38. The second-order valence-electron chi connectivity index (χ2n) is 9.22. The lowest BCUT2D eigenvalue weighted by Gasteiger charge is -2.34. The van der Waals surface area contributed by atoms with Gasteiger partial charge in [0, 0.05) is 23.8 Å². The molecule has 3 atom stereocenters. The fourth-order valence-corrected chi connectivity index (χ4v) is 4.30. The Balaban J connectivity index is 1.54. The molecule has 0 bridgehead atoms. The molecule has 176 valence electrons. The van der Waals surface area contributed by atoms with Crippen molar-refractivity contribution >= 4 is 23.6 Å². The van der Waals surface area contributed by atoms with Crippen LogP contribution in [0.2, 0.25) is 0 Å². The van der Waals surface area contributed by atoms with Crippen molar-refractivity contribution in [3.63, 3.8) is 0 Å². The minimum Gasteiger partial charge on any atom is -0.376 e. The van der Waals surface area contributed by atoms with Gasteiger partial charge in [-0.25, -0.2) is 0 Å². The summed E-state index contributed by atoms with van der Waals surface area (Å²) in [6.45, 7) is 12.4. The highest BCUT2D eigenvalue weighted by molar-refractivity contribution is 8.01. The molecule has 1 N–H and O–H groups in total. The second kappa shape index (κ2) is 10.7. The molecule has 2 aliphatic rings. The summed E-state index contributed by atoms with van der Waals surface area (Å²) >= 11 is 1.54. The third-order valence-electron chi connectivity index (χ3n) is 5.98. The van der Waals surface area contributed by atoms with E-state index in [2.05, 4.69) is 24.3 Å². The summed E-state index contributed by atoms with van der Waals surface area (Å²) in [5.41, 5.74) is 0.319. The van der Waals surface area contributed by atoms with Gasteiger partial charge in [0.2, 0.25) is 11.8 Å². The summed E-state index contributed by atoms with van der Waals surface area (Å²) in [4.78, 5) is 12.8. The number of nitrogens with one attached hydrogen (secondary N) is 1. The Hall–Kier alpha value is -1.13. The lowest BCUT2D eigenvalue weighted by molar-refractivity contribution is -0.196. The highest BCUT2D eigenvalue weighted by Gasteiger charge is 2.36. The number of thioether (sulfide) groups is 1. The number of carbonyl (C=O) groups is 1. The molecule has 3 unspecified atom stereocenters. The number of ether oxygens (including phenoxy) is 4. The zero-order chi connectivity index (χ0) is 22.5. The molecule has 0 aliphatic carbocycles. The van der Waals surface area contributed by atoms with E-state index in [-0.39, 0.29) is 24.4 Å². The number of aromatic nitrogens is 1. The van der Waals surface area contributed by atoms with Crippen LogP contribution in [-0.4, -0.2) is 66.5 Å². The zero-order valence-electron chi connectivity index (χ0n) is 19.3. The molecule has 0 spiro atoms. The Labute approximate surface area is 189 Å². The van der Waals surface area contributed by atoms with Crippen LogP contribution in [0.5, 0.6) is 0 Å². The standard InChI is InChI=1S/C22H36N2O6S/c1-15(29-19-8-6-7-9-28-19)21(2,3)17-12-18(30-24-17)23-20(25)22(4,5)31-14-16-13-26-10-11-27-16/h12,15-16,19H,6-11,13-14H2,1-5H3,(H,23,25). The van der Waals surface area contributed by atoms with Gasteiger partial charge in [-0.1, -0.05) is 19.0 Å². The SMILES string of the molecule is CC(OC1CCCCO1)C(C)(C)c1cc(NC(=O)C(C)(C)SCC2COCCO2)on1. The molecule has 3 heterocycles. The first-order chi connectivity index (χ1) is 14.7. The minimum absolute atomic E-state index is 0.0122. The van der Waals surface area contributed by atoms with Crippen LogP contribution in [0, 0.1) is 0 Å². The summed E-state index contributed by atoms with van der Waals surface area (Å²) in [6.07, 6.45) is 2.81. The molecule has 1 aromatic heterocycles. The van der Waals surface area contributed by atoms with Crippen molar-refractivity contribution < 1.29 is 28.3 Å². The Bertz CT molecular complexity index is 711. The smallest absolute Gasteiger partial charge is 0.242 e. The van der Waals surface area contributed by atoms with Gasteiger partial charge in [0.1, 0.15) is 0 Å². The van der Waals surface area contributed by atoms with Gasteiger partial charge in [-0.2, -0.15) is 0 Å². The first-order valence-corrected chi connectivity index (χ1v) is 12.1. The van der Waals surface area contributed by atoms with Crippen LogP contribution in [0.3, 0.4) is 0 Å². The van der Waals surface area contributed by atoms with Gasteiger partial charge in [0.05, 0.1) is 42.5 Å². The third kappa shape index (κ3) is 6.68. The summed E-state index contributed by atoms with van der Waals surface area (Å²) in [5, 5.41) is 7.06. The van der Waals surface area contributed by atoms with Gasteiger partial charge in [-0.05, 0) is 40.0 Å². The van der Waals surface area contributed by atoms with Crippen molar-refractivity contribution in [3.05, 3.63) is 11.8 Å². The molecule has 2 fully saturated rings. The maximum atomic E-state index is 12.8. The van der Waals surface area contributed by atoms with E-state index in [1.807, 2.05) is 20.8 Å². The fraction of sp³-hybridized carbons (Fsp3) is 0.818. The van der Waals surface area contributed by atoms with Crippen LogP contribution in [0.1, 0.15) is 59.6 Å². The average Bonchev–Trinajstić information content (AvgIpc) is 3.23. The monoisotopic (exact) mass is 456 g/mol. The molecule has 9 heteroatoms. The maximum Gasteiger partial charge on any atom is 0.242 e. The Morgan fingerprint density at radius 1 is 1.26 bits per heavy atom. The average molecular weight is 457 g/mol. The first-order valence-electron chi connectivity index (χ1n) is 11.1. The minimum atomic E-state index is -0.655. The summed E-state index contributed by atoms with van der Waals surface area (Å²) in [7, 11) is 0. The van der Waals surface area contributed by atoms with E-state index in [0.29, 0.717) is 31.5 Å². The van der Waals surface area contributed by atoms with E-state index in [1.54, 1.807) is 6.07 Å². The van der Waals surface area contributed by atoms with Crippen molar-refractivity contribution in [2.45, 2.75) is 82.5 Å². The molecule has 0 radical (unpaired) electrons. The van der Waals surface area contributed by atoms with Gasteiger partial charge in [0.25, 0.3) is 0 Å². The zero-order valence-corrected chi connectivity index (χ0v) is 20.1. The van der Waals surface area contributed by atoms with Crippen LogP contribution in [0.15, 0.2) is 10.6 Å². The largest absolute Gasteiger partial charge is 0.376 e. The Kier molecular flexibility index (Phi) is 8.43. The lowest BCUT2D eigenvalue weighted by atomic mass is 9.84. The van der Waals surface area contributed by atoms with E-state index >= 15 is 0 Å². The molecule has 2 aliphatic heterocycles. The second-order valence-corrected chi connectivity index (χ2v) is 10.9. The number of nitrogens with zero attached hydrogens (tertiary/aromatic N) is 1. The van der Waals surface area contributed by atoms with Crippen LogP contribution in [0.25, 0.3) is 0 Å². The molecule has 0 aromatic carbocycles. The number of carbonyl (C=O) groups excluding carboxylic acids is 1. The van der Waals surface area contributed by atoms with Gasteiger partial charge in [-0.15, -0.1) is 11.8 Å². The van der Waals surface area contributed by atoms with Crippen LogP contribution < -0.4 is 5.32 Å². The van der Waals surface area contributed by atoms with Crippen LogP contribution in [-0.2, 0) is 29.2 Å². The number of amides is 1. The van der Waals surface area contributed by atoms with E-state index in [9.17, 15) is 4.79 Å². The molecular weight excluding hydrogens is 420 g/mol. The van der Waals surface area contributed by atoms with Crippen molar-refractivity contribution in [1.29, 1.82) is 0 Å². The molecule has 0 saturated carbocycles. The normalized spacial score (nSPS) is 24.0. The molecular formula is C22H36N2O6S. The topological polar surface area (TPSA) is 92.1 Å². The Morgan fingerprint density at radius 2 is 2.06 bits per heavy atom. The predicted octanol–water partition coefficient (Wildman–Crippen LogP) is 3.75. The highest BCUT2D eigenvalue weighted by Crippen LogP contribution is 2.33. The van der Waals surface area contributed by atoms with Gasteiger partial charge < -0.3 is 23.5 Å². The molecule has 8 nitrogen and oxygen atoms in total. The maximum absolute atomic E-state index is 12.8. The predicted molar refractivity (Wildman–Crippen MR) is 119 cm³/mol. The number of hydrogen-bond acceptors (Lipinski definition) is 8. The van der Waals surface area contributed by atoms with E-state index in [1.165, 1.54) is 11.8 Å². The van der Waals surface area contributed by atoms with Gasteiger partial charge >= 0.3 is 0 Å². The van der Waals surface area contributed by atoms with Crippen molar-refractivity contribution in [2.75, 3.05) is 37.5 Å². The van der Waals surface area contributed by atoms with Crippen LogP contribution in [0.4, 0.5) is 5.88 Å². The molecule has 31 heavy (non-hydrogen) atoms. The van der Waals surface area contributed by atoms with Gasteiger partial charge in [0.15, 0.2) is 6.29 Å². The summed E-state index contributed by atoms with van der Waals surface area (Å²) < 4.78 is 27.7. The molecule has 3 rings (SSSR count). The number of anilines is 1. The number of rotatable bonds is 9. The fourth-order valence-electron chi connectivity index (χ4n) is 3.32. The molecule has 1 amide bonds. The Morgan fingerprint density at radius 3 is 2.74 bits per heavy atom. The summed E-state index contributed by atoms with van der Waals surface area (Å²) in [5.74, 6) is 0.877.